The summed E-state index contributed by atoms with van der Waals surface area (Å²) in [5.74, 6) is 0.781. The van der Waals surface area contributed by atoms with Crippen LogP contribution in [0.2, 0.25) is 0 Å². The Morgan fingerprint density at radius 1 is 0.793 bits per heavy atom. The Kier molecular flexibility index (Phi) is 3.35. The number of benzene rings is 3. The number of hydrogen-bond acceptors (Lipinski definition) is 3. The minimum absolute atomic E-state index is 0.0148. The molecule has 0 aliphatic rings. The van der Waals surface area contributed by atoms with Gasteiger partial charge in [0.25, 0.3) is 5.56 Å². The lowest BCUT2D eigenvalue weighted by Gasteiger charge is -2.06. The molecular formula is C25H16N2O2. The summed E-state index contributed by atoms with van der Waals surface area (Å²) in [6, 6.07) is 25.6. The molecular weight excluding hydrogens is 360 g/mol. The molecule has 0 bridgehead atoms. The third kappa shape index (κ3) is 2.32. The van der Waals surface area contributed by atoms with E-state index in [1.807, 2.05) is 85.1 Å². The molecule has 3 aromatic carbocycles. The summed E-state index contributed by atoms with van der Waals surface area (Å²) in [4.78, 5) is 17.9. The molecule has 3 aromatic heterocycles. The molecule has 29 heavy (non-hydrogen) atoms. The monoisotopic (exact) mass is 376 g/mol. The van der Waals surface area contributed by atoms with Gasteiger partial charge >= 0.3 is 0 Å². The molecule has 6 rings (SSSR count). The fourth-order valence-electron chi connectivity index (χ4n) is 4.18. The summed E-state index contributed by atoms with van der Waals surface area (Å²) in [6.07, 6.45) is 1.81. The first-order valence-electron chi connectivity index (χ1n) is 9.55. The highest BCUT2D eigenvalue weighted by atomic mass is 16.5. The second-order valence-electron chi connectivity index (χ2n) is 7.20. The zero-order chi connectivity index (χ0) is 19.4. The van der Waals surface area contributed by atoms with E-state index in [0.717, 1.165) is 44.0 Å². The molecule has 138 valence electrons. The molecule has 6 aromatic rings. The topological polar surface area (TPSA) is 43.6 Å². The fraction of sp³-hybridized carbons (Fsp3) is 0.0400. The van der Waals surface area contributed by atoms with Crippen molar-refractivity contribution in [2.24, 2.45) is 0 Å². The van der Waals surface area contributed by atoms with Crippen molar-refractivity contribution in [2.45, 2.75) is 6.61 Å². The van der Waals surface area contributed by atoms with Gasteiger partial charge in [0.1, 0.15) is 12.4 Å². The highest BCUT2D eigenvalue weighted by Gasteiger charge is 2.17. The Morgan fingerprint density at radius 3 is 2.45 bits per heavy atom. The molecule has 0 N–H and O–H groups in total. The van der Waals surface area contributed by atoms with E-state index in [9.17, 15) is 4.79 Å². The molecule has 3 heterocycles. The first-order chi connectivity index (χ1) is 14.3. The average Bonchev–Trinajstić information content (AvgIpc) is 3.12. The Morgan fingerprint density at radius 2 is 1.59 bits per heavy atom. The van der Waals surface area contributed by atoms with E-state index in [4.69, 9.17) is 4.74 Å². The van der Waals surface area contributed by atoms with E-state index in [2.05, 4.69) is 4.98 Å². The summed E-state index contributed by atoms with van der Waals surface area (Å²) < 4.78 is 7.80. The highest BCUT2D eigenvalue weighted by Crippen LogP contribution is 2.34. The lowest BCUT2D eigenvalue weighted by Crippen LogP contribution is -2.13. The van der Waals surface area contributed by atoms with Crippen LogP contribution in [-0.2, 0) is 6.61 Å². The van der Waals surface area contributed by atoms with Crippen molar-refractivity contribution in [1.82, 2.24) is 9.38 Å². The van der Waals surface area contributed by atoms with E-state index < -0.39 is 0 Å². The maximum atomic E-state index is 13.3. The first kappa shape index (κ1) is 16.1. The SMILES string of the molecule is O=c1c2ccccc2c2nccc3c4cc(OCc5ccccc5)ccc4n1c32. The predicted octanol–water partition coefficient (Wildman–Crippen LogP) is 5.17. The molecule has 0 amide bonds. The van der Waals surface area contributed by atoms with Crippen LogP contribution >= 0.6 is 0 Å². The molecule has 0 saturated carbocycles. The van der Waals surface area contributed by atoms with Gasteiger partial charge in [0.15, 0.2) is 0 Å². The fourth-order valence-corrected chi connectivity index (χ4v) is 4.18. The van der Waals surface area contributed by atoms with Crippen LogP contribution in [0, 0.1) is 0 Å². The number of nitrogens with zero attached hydrogens (tertiary/aromatic N) is 2. The van der Waals surface area contributed by atoms with E-state index in [0.29, 0.717) is 12.0 Å². The van der Waals surface area contributed by atoms with E-state index in [1.54, 1.807) is 4.40 Å². The van der Waals surface area contributed by atoms with Gasteiger partial charge in [0, 0.05) is 27.7 Å². The van der Waals surface area contributed by atoms with Gasteiger partial charge in [-0.05, 0) is 35.9 Å². The third-order valence-corrected chi connectivity index (χ3v) is 5.51. The van der Waals surface area contributed by atoms with Gasteiger partial charge in [-0.25, -0.2) is 0 Å². The van der Waals surface area contributed by atoms with Crippen molar-refractivity contribution < 1.29 is 4.74 Å². The largest absolute Gasteiger partial charge is 0.489 e. The average molecular weight is 376 g/mol. The van der Waals surface area contributed by atoms with E-state index in [1.165, 1.54) is 0 Å². The minimum Gasteiger partial charge on any atom is -0.489 e. The quantitative estimate of drug-likeness (QED) is 0.400. The Labute approximate surface area is 166 Å². The van der Waals surface area contributed by atoms with Crippen LogP contribution in [-0.4, -0.2) is 9.38 Å². The lowest BCUT2D eigenvalue weighted by molar-refractivity contribution is 0.306. The van der Waals surface area contributed by atoms with E-state index in [-0.39, 0.29) is 5.56 Å². The van der Waals surface area contributed by atoms with Crippen LogP contribution in [0.3, 0.4) is 0 Å². The smallest absolute Gasteiger partial charge is 0.263 e. The number of rotatable bonds is 3. The number of ether oxygens (including phenoxy) is 1. The molecule has 0 aliphatic carbocycles. The van der Waals surface area contributed by atoms with Crippen molar-refractivity contribution in [1.29, 1.82) is 0 Å². The Bertz CT molecular complexity index is 1570. The second kappa shape index (κ2) is 6.04. The van der Waals surface area contributed by atoms with Gasteiger partial charge in [-0.2, -0.15) is 0 Å². The molecule has 0 unspecified atom stereocenters. The van der Waals surface area contributed by atoms with Crippen LogP contribution in [0.1, 0.15) is 5.56 Å². The van der Waals surface area contributed by atoms with Gasteiger partial charge in [-0.3, -0.25) is 14.2 Å². The van der Waals surface area contributed by atoms with Crippen LogP contribution in [0.4, 0.5) is 0 Å². The van der Waals surface area contributed by atoms with Gasteiger partial charge in [0.2, 0.25) is 0 Å². The van der Waals surface area contributed by atoms with Crippen LogP contribution in [0.5, 0.6) is 5.75 Å². The maximum absolute atomic E-state index is 13.3. The van der Waals surface area contributed by atoms with Crippen molar-refractivity contribution >= 4 is 38.1 Å². The lowest BCUT2D eigenvalue weighted by atomic mass is 10.1. The molecule has 0 atom stereocenters. The summed E-state index contributed by atoms with van der Waals surface area (Å²) in [6.45, 7) is 0.502. The third-order valence-electron chi connectivity index (χ3n) is 5.51. The highest BCUT2D eigenvalue weighted by molar-refractivity contribution is 6.18. The molecule has 0 spiro atoms. The van der Waals surface area contributed by atoms with Gasteiger partial charge in [0.05, 0.1) is 16.6 Å². The predicted molar refractivity (Wildman–Crippen MR) is 116 cm³/mol. The first-order valence-corrected chi connectivity index (χ1v) is 9.55. The normalized spacial score (nSPS) is 11.7. The van der Waals surface area contributed by atoms with Crippen LogP contribution < -0.4 is 10.3 Å². The summed E-state index contributed by atoms with van der Waals surface area (Å²) in [5.41, 5.74) is 3.69. The molecule has 0 aliphatic heterocycles. The van der Waals surface area contributed by atoms with Crippen LogP contribution in [0.15, 0.2) is 89.9 Å². The number of aromatic nitrogens is 2. The minimum atomic E-state index is -0.0148. The maximum Gasteiger partial charge on any atom is 0.263 e. The number of pyridine rings is 2. The molecule has 0 fully saturated rings. The number of hydrogen-bond donors (Lipinski definition) is 0. The summed E-state index contributed by atoms with van der Waals surface area (Å²) >= 11 is 0. The molecule has 0 radical (unpaired) electrons. The zero-order valence-electron chi connectivity index (χ0n) is 15.5. The molecule has 4 nitrogen and oxygen atoms in total. The molecule has 4 heteroatoms. The standard InChI is InChI=1S/C25H16N2O2/c28-25-20-9-5-4-8-18(20)23-24-19(12-13-26-23)21-14-17(10-11-22(21)27(24)25)29-15-16-6-2-1-3-7-16/h1-14H,15H2. The van der Waals surface area contributed by atoms with E-state index >= 15 is 0 Å². The Hall–Kier alpha value is -3.92. The summed E-state index contributed by atoms with van der Waals surface area (Å²) in [5, 5.41) is 3.58. The summed E-state index contributed by atoms with van der Waals surface area (Å²) in [7, 11) is 0. The second-order valence-corrected chi connectivity index (χ2v) is 7.20. The van der Waals surface area contributed by atoms with Gasteiger partial charge < -0.3 is 4.74 Å². The van der Waals surface area contributed by atoms with Crippen molar-refractivity contribution in [3.63, 3.8) is 0 Å². The van der Waals surface area contributed by atoms with Crippen LogP contribution in [0.25, 0.3) is 38.1 Å². The Balaban J connectivity index is 1.61. The van der Waals surface area contributed by atoms with Crippen molar-refractivity contribution in [2.75, 3.05) is 0 Å². The zero-order valence-corrected chi connectivity index (χ0v) is 15.5. The number of fused-ring (bicyclic) bond motifs is 5. The van der Waals surface area contributed by atoms with Crippen molar-refractivity contribution in [3.8, 4) is 5.75 Å². The van der Waals surface area contributed by atoms with Gasteiger partial charge in [-0.15, -0.1) is 0 Å². The molecule has 0 saturated heterocycles. The van der Waals surface area contributed by atoms with Gasteiger partial charge in [-0.1, -0.05) is 48.5 Å². The van der Waals surface area contributed by atoms with Crippen molar-refractivity contribution in [3.05, 3.63) is 101 Å².